The molecule has 1 saturated heterocycles. The summed E-state index contributed by atoms with van der Waals surface area (Å²) >= 11 is 1.00. The van der Waals surface area contributed by atoms with E-state index in [0.717, 1.165) is 23.5 Å². The van der Waals surface area contributed by atoms with Crippen molar-refractivity contribution in [1.29, 1.82) is 0 Å². The van der Waals surface area contributed by atoms with Gasteiger partial charge < -0.3 is 15.7 Å². The molecule has 9 heteroatoms. The molecule has 1 aliphatic rings. The minimum Gasteiger partial charge on any atom is -0.391 e. The third kappa shape index (κ3) is 3.89. The van der Waals surface area contributed by atoms with Crippen molar-refractivity contribution in [3.63, 3.8) is 0 Å². The predicted octanol–water partition coefficient (Wildman–Crippen LogP) is 1.82. The summed E-state index contributed by atoms with van der Waals surface area (Å²) in [4.78, 5) is 16.1. The van der Waals surface area contributed by atoms with Gasteiger partial charge in [0.1, 0.15) is 22.3 Å². The number of aliphatic hydroxyl groups excluding tert-OH is 1. The highest BCUT2D eigenvalue weighted by atomic mass is 35.5. The molecule has 5 nitrogen and oxygen atoms in total. The van der Waals surface area contributed by atoms with E-state index < -0.39 is 23.6 Å². The molecule has 0 radical (unpaired) electrons. The minimum atomic E-state index is -0.716. The third-order valence-corrected chi connectivity index (χ3v) is 4.60. The van der Waals surface area contributed by atoms with Gasteiger partial charge in [-0.1, -0.05) is 6.07 Å². The number of amides is 1. The van der Waals surface area contributed by atoms with E-state index in [0.29, 0.717) is 19.6 Å². The number of halogens is 3. The molecule has 1 amide bonds. The number of nitrogens with zero attached hydrogens (tertiary/aromatic N) is 1. The number of aliphatic hydroxyl groups is 1. The van der Waals surface area contributed by atoms with E-state index in [-0.39, 0.29) is 34.6 Å². The molecular weight excluding hydrogens is 360 g/mol. The molecule has 0 bridgehead atoms. The highest BCUT2D eigenvalue weighted by Gasteiger charge is 2.25. The van der Waals surface area contributed by atoms with Crippen molar-refractivity contribution >= 4 is 29.7 Å². The van der Waals surface area contributed by atoms with Gasteiger partial charge in [0.05, 0.1) is 11.7 Å². The first kappa shape index (κ1) is 18.7. The molecule has 1 fully saturated rings. The zero-order chi connectivity index (χ0) is 16.4. The maximum atomic E-state index is 13.7. The van der Waals surface area contributed by atoms with Crippen molar-refractivity contribution in [2.24, 2.45) is 5.92 Å². The van der Waals surface area contributed by atoms with Gasteiger partial charge in [0.25, 0.3) is 5.91 Å². The number of hydrogen-bond donors (Lipinski definition) is 3. The molecule has 3 rings (SSSR count). The Morgan fingerprint density at radius 2 is 2.08 bits per heavy atom. The quantitative estimate of drug-likeness (QED) is 0.762. The fourth-order valence-electron chi connectivity index (χ4n) is 2.44. The number of carbonyl (C=O) groups excluding carboxylic acids is 1. The van der Waals surface area contributed by atoms with Crippen molar-refractivity contribution in [3.8, 4) is 10.6 Å². The highest BCUT2D eigenvalue weighted by molar-refractivity contribution is 7.13. The number of hydrogen-bond acceptors (Lipinski definition) is 5. The van der Waals surface area contributed by atoms with Crippen LogP contribution in [0.2, 0.25) is 0 Å². The summed E-state index contributed by atoms with van der Waals surface area (Å²) in [5.41, 5.74) is -0.125. The van der Waals surface area contributed by atoms with Gasteiger partial charge in [0.2, 0.25) is 0 Å². The fourth-order valence-corrected chi connectivity index (χ4v) is 3.28. The Hall–Kier alpha value is -1.61. The molecule has 0 saturated carbocycles. The lowest BCUT2D eigenvalue weighted by Crippen LogP contribution is -2.34. The predicted molar refractivity (Wildman–Crippen MR) is 89.4 cm³/mol. The lowest BCUT2D eigenvalue weighted by molar-refractivity contribution is 0.0923. The van der Waals surface area contributed by atoms with Crippen LogP contribution in [-0.2, 0) is 0 Å². The number of carbonyl (C=O) groups is 1. The summed E-state index contributed by atoms with van der Waals surface area (Å²) in [5.74, 6) is -1.91. The van der Waals surface area contributed by atoms with Crippen LogP contribution in [0.4, 0.5) is 8.78 Å². The summed E-state index contributed by atoms with van der Waals surface area (Å²) in [7, 11) is 0. The molecule has 0 spiro atoms. The summed E-state index contributed by atoms with van der Waals surface area (Å²) in [6.07, 6.45) is -0.492. The van der Waals surface area contributed by atoms with Gasteiger partial charge in [-0.05, 0) is 12.1 Å². The van der Waals surface area contributed by atoms with Crippen LogP contribution in [0.3, 0.4) is 0 Å². The Bertz CT molecular complexity index is 708. The van der Waals surface area contributed by atoms with Crippen molar-refractivity contribution in [2.45, 2.75) is 6.10 Å². The van der Waals surface area contributed by atoms with Crippen LogP contribution >= 0.6 is 23.7 Å². The fraction of sp³-hybridized carbons (Fsp3) is 0.333. The second-order valence-corrected chi connectivity index (χ2v) is 6.19. The van der Waals surface area contributed by atoms with E-state index in [9.17, 15) is 18.7 Å². The second kappa shape index (κ2) is 7.98. The first-order chi connectivity index (χ1) is 11.1. The number of aromatic nitrogens is 1. The Balaban J connectivity index is 0.00000208. The Morgan fingerprint density at radius 3 is 2.71 bits per heavy atom. The van der Waals surface area contributed by atoms with E-state index in [4.69, 9.17) is 0 Å². The first-order valence-electron chi connectivity index (χ1n) is 7.13. The van der Waals surface area contributed by atoms with Crippen molar-refractivity contribution in [3.05, 3.63) is 40.9 Å². The standard InChI is InChI=1S/C15H15F2N3O2S.ClH/c16-9-2-1-3-10(17)13(9)15-20-11(7-23-15)14(22)19-5-8-4-18-6-12(8)21;/h1-3,7-8,12,18,21H,4-6H2,(H,19,22);1H. The largest absolute Gasteiger partial charge is 0.391 e. The SMILES string of the molecule is Cl.O=C(NCC1CNCC1O)c1csc(-c2c(F)cccc2F)n1. The van der Waals surface area contributed by atoms with E-state index in [2.05, 4.69) is 15.6 Å². The molecule has 1 aliphatic heterocycles. The number of thiazole rings is 1. The van der Waals surface area contributed by atoms with Gasteiger partial charge >= 0.3 is 0 Å². The molecular formula is C15H16ClF2N3O2S. The van der Waals surface area contributed by atoms with Gasteiger partial charge in [-0.15, -0.1) is 23.7 Å². The first-order valence-corrected chi connectivity index (χ1v) is 8.01. The summed E-state index contributed by atoms with van der Waals surface area (Å²) in [5, 5.41) is 17.0. The lowest BCUT2D eigenvalue weighted by atomic mass is 10.1. The molecule has 2 heterocycles. The molecule has 130 valence electrons. The van der Waals surface area contributed by atoms with E-state index >= 15 is 0 Å². The van der Waals surface area contributed by atoms with Crippen LogP contribution in [0, 0.1) is 17.6 Å². The smallest absolute Gasteiger partial charge is 0.270 e. The van der Waals surface area contributed by atoms with Gasteiger partial charge in [-0.2, -0.15) is 0 Å². The van der Waals surface area contributed by atoms with Gasteiger partial charge in [-0.3, -0.25) is 4.79 Å². The zero-order valence-electron chi connectivity index (χ0n) is 12.5. The van der Waals surface area contributed by atoms with Gasteiger partial charge in [0.15, 0.2) is 0 Å². The number of nitrogens with one attached hydrogen (secondary N) is 2. The van der Waals surface area contributed by atoms with E-state index in [1.165, 1.54) is 11.4 Å². The van der Waals surface area contributed by atoms with Gasteiger partial charge in [-0.25, -0.2) is 13.8 Å². The van der Waals surface area contributed by atoms with Crippen LogP contribution in [-0.4, -0.2) is 41.7 Å². The van der Waals surface area contributed by atoms with Gasteiger partial charge in [0, 0.05) is 30.9 Å². The maximum absolute atomic E-state index is 13.7. The Morgan fingerprint density at radius 1 is 1.38 bits per heavy atom. The molecule has 1 aromatic heterocycles. The van der Waals surface area contributed by atoms with Crippen molar-refractivity contribution in [2.75, 3.05) is 19.6 Å². The molecule has 24 heavy (non-hydrogen) atoms. The normalized spacial score (nSPS) is 19.8. The lowest BCUT2D eigenvalue weighted by Gasteiger charge is -2.13. The Kier molecular flexibility index (Phi) is 6.22. The Labute approximate surface area is 147 Å². The van der Waals surface area contributed by atoms with Crippen LogP contribution in [0.25, 0.3) is 10.6 Å². The van der Waals surface area contributed by atoms with E-state index in [1.54, 1.807) is 0 Å². The van der Waals surface area contributed by atoms with Crippen LogP contribution in [0.5, 0.6) is 0 Å². The molecule has 2 atom stereocenters. The highest BCUT2D eigenvalue weighted by Crippen LogP contribution is 2.28. The topological polar surface area (TPSA) is 74.2 Å². The monoisotopic (exact) mass is 375 g/mol. The summed E-state index contributed by atoms with van der Waals surface area (Å²) < 4.78 is 27.5. The molecule has 1 aromatic carbocycles. The summed E-state index contributed by atoms with van der Waals surface area (Å²) in [6.45, 7) is 1.45. The van der Waals surface area contributed by atoms with Crippen LogP contribution in [0.1, 0.15) is 10.5 Å². The average Bonchev–Trinajstić information content (AvgIpc) is 3.14. The van der Waals surface area contributed by atoms with Crippen LogP contribution < -0.4 is 10.6 Å². The summed E-state index contributed by atoms with van der Waals surface area (Å²) in [6, 6.07) is 3.57. The molecule has 2 unspecified atom stereocenters. The molecule has 3 N–H and O–H groups in total. The molecule has 0 aliphatic carbocycles. The number of rotatable bonds is 4. The number of β-amino-alcohol motifs (C(OH)–C–C–N with tert-alkyl or cyclic N) is 1. The maximum Gasteiger partial charge on any atom is 0.270 e. The number of benzene rings is 1. The van der Waals surface area contributed by atoms with E-state index in [1.807, 2.05) is 0 Å². The van der Waals surface area contributed by atoms with Crippen molar-refractivity contribution in [1.82, 2.24) is 15.6 Å². The molecule has 2 aromatic rings. The minimum absolute atomic E-state index is 0. The zero-order valence-corrected chi connectivity index (χ0v) is 14.1. The third-order valence-electron chi connectivity index (χ3n) is 3.74. The average molecular weight is 376 g/mol. The van der Waals surface area contributed by atoms with Crippen LogP contribution in [0.15, 0.2) is 23.6 Å². The van der Waals surface area contributed by atoms with Crippen molar-refractivity contribution < 1.29 is 18.7 Å². The second-order valence-electron chi connectivity index (χ2n) is 5.33.